The van der Waals surface area contributed by atoms with Crippen LogP contribution in [0.3, 0.4) is 0 Å². The molecule has 0 aliphatic heterocycles. The van der Waals surface area contributed by atoms with Gasteiger partial charge in [-0.25, -0.2) is 4.68 Å². The van der Waals surface area contributed by atoms with E-state index in [1.807, 2.05) is 6.07 Å². The Labute approximate surface area is 80.8 Å². The van der Waals surface area contributed by atoms with Gasteiger partial charge in [-0.2, -0.15) is 0 Å². The Kier molecular flexibility index (Phi) is 2.16. The monoisotopic (exact) mass is 190 g/mol. The van der Waals surface area contributed by atoms with Crippen molar-refractivity contribution in [3.05, 3.63) is 36.2 Å². The van der Waals surface area contributed by atoms with E-state index in [9.17, 15) is 5.11 Å². The molecule has 0 unspecified atom stereocenters. The van der Waals surface area contributed by atoms with Crippen LogP contribution in [0.2, 0.25) is 0 Å². The zero-order valence-corrected chi connectivity index (χ0v) is 7.46. The molecule has 0 bridgehead atoms. The van der Waals surface area contributed by atoms with Gasteiger partial charge in [0.2, 0.25) is 0 Å². The van der Waals surface area contributed by atoms with Crippen LogP contribution in [-0.4, -0.2) is 20.1 Å². The molecule has 0 radical (unpaired) electrons. The summed E-state index contributed by atoms with van der Waals surface area (Å²) >= 11 is 0. The molecule has 1 aromatic carbocycles. The van der Waals surface area contributed by atoms with Crippen molar-refractivity contribution < 1.29 is 5.11 Å². The van der Waals surface area contributed by atoms with Crippen LogP contribution in [0.1, 0.15) is 5.69 Å². The van der Waals surface area contributed by atoms with Crippen molar-refractivity contribution in [2.24, 2.45) is 5.73 Å². The smallest absolute Gasteiger partial charge is 0.117 e. The predicted octanol–water partition coefficient (Wildman–Crippen LogP) is 0.432. The first-order valence-electron chi connectivity index (χ1n) is 4.20. The molecule has 0 saturated carbocycles. The third-order valence-electron chi connectivity index (χ3n) is 1.84. The predicted molar refractivity (Wildman–Crippen MR) is 50.9 cm³/mol. The molecule has 0 aliphatic rings. The Balaban J connectivity index is 2.39. The van der Waals surface area contributed by atoms with Gasteiger partial charge in [-0.1, -0.05) is 11.3 Å². The third kappa shape index (κ3) is 1.57. The van der Waals surface area contributed by atoms with Gasteiger partial charge in [-0.3, -0.25) is 0 Å². The molecule has 0 atom stereocenters. The summed E-state index contributed by atoms with van der Waals surface area (Å²) in [6, 6.07) is 6.78. The van der Waals surface area contributed by atoms with Crippen LogP contribution in [0, 0.1) is 0 Å². The molecule has 72 valence electrons. The summed E-state index contributed by atoms with van der Waals surface area (Å²) in [6.45, 7) is 0.360. The lowest BCUT2D eigenvalue weighted by atomic mass is 10.3. The maximum Gasteiger partial charge on any atom is 0.117 e. The van der Waals surface area contributed by atoms with E-state index in [1.165, 1.54) is 0 Å². The van der Waals surface area contributed by atoms with Crippen LogP contribution in [0.15, 0.2) is 30.5 Å². The molecule has 0 aliphatic carbocycles. The number of aromatic nitrogens is 3. The fourth-order valence-corrected chi connectivity index (χ4v) is 1.15. The van der Waals surface area contributed by atoms with Crippen molar-refractivity contribution in [2.75, 3.05) is 0 Å². The highest BCUT2D eigenvalue weighted by molar-refractivity contribution is 5.37. The first-order valence-corrected chi connectivity index (χ1v) is 4.20. The lowest BCUT2D eigenvalue weighted by Gasteiger charge is -1.99. The molecule has 0 fully saturated rings. The second-order valence-corrected chi connectivity index (χ2v) is 2.88. The normalized spacial score (nSPS) is 10.4. The van der Waals surface area contributed by atoms with Gasteiger partial charge in [-0.05, 0) is 12.1 Å². The van der Waals surface area contributed by atoms with E-state index < -0.39 is 0 Å². The lowest BCUT2D eigenvalue weighted by molar-refractivity contribution is 0.474. The van der Waals surface area contributed by atoms with Crippen LogP contribution in [-0.2, 0) is 6.54 Å². The summed E-state index contributed by atoms with van der Waals surface area (Å²) in [4.78, 5) is 0. The zero-order chi connectivity index (χ0) is 9.97. The highest BCUT2D eigenvalue weighted by atomic mass is 16.3. The third-order valence-corrected chi connectivity index (χ3v) is 1.84. The summed E-state index contributed by atoms with van der Waals surface area (Å²) in [7, 11) is 0. The molecule has 0 amide bonds. The summed E-state index contributed by atoms with van der Waals surface area (Å²) in [5, 5.41) is 17.0. The molecule has 2 aromatic rings. The van der Waals surface area contributed by atoms with Crippen molar-refractivity contribution in [1.29, 1.82) is 0 Å². The van der Waals surface area contributed by atoms with Crippen LogP contribution in [0.4, 0.5) is 0 Å². The highest BCUT2D eigenvalue weighted by Gasteiger charge is 2.01. The number of nitrogens with zero attached hydrogens (tertiary/aromatic N) is 3. The van der Waals surface area contributed by atoms with Crippen molar-refractivity contribution in [3.8, 4) is 11.4 Å². The van der Waals surface area contributed by atoms with E-state index in [-0.39, 0.29) is 5.75 Å². The van der Waals surface area contributed by atoms with Crippen LogP contribution < -0.4 is 5.73 Å². The van der Waals surface area contributed by atoms with E-state index >= 15 is 0 Å². The Bertz CT molecular complexity index is 438. The molecular formula is C9H10N4O. The summed E-state index contributed by atoms with van der Waals surface area (Å²) in [5.74, 6) is 0.201. The number of phenolic OH excluding ortho intramolecular Hbond substituents is 1. The van der Waals surface area contributed by atoms with E-state index in [2.05, 4.69) is 10.3 Å². The Morgan fingerprint density at radius 2 is 2.29 bits per heavy atom. The van der Waals surface area contributed by atoms with Crippen molar-refractivity contribution in [1.82, 2.24) is 15.0 Å². The molecule has 3 N–H and O–H groups in total. The Morgan fingerprint density at radius 3 is 2.93 bits per heavy atom. The molecule has 1 heterocycles. The number of rotatable bonds is 2. The van der Waals surface area contributed by atoms with E-state index in [0.29, 0.717) is 12.2 Å². The van der Waals surface area contributed by atoms with Crippen molar-refractivity contribution in [3.63, 3.8) is 0 Å². The molecule has 2 rings (SSSR count). The molecule has 0 spiro atoms. The van der Waals surface area contributed by atoms with Crippen LogP contribution in [0.5, 0.6) is 5.75 Å². The van der Waals surface area contributed by atoms with Crippen molar-refractivity contribution in [2.45, 2.75) is 6.54 Å². The average Bonchev–Trinajstić information content (AvgIpc) is 2.66. The number of benzene rings is 1. The second-order valence-electron chi connectivity index (χ2n) is 2.88. The van der Waals surface area contributed by atoms with Gasteiger partial charge in [0.25, 0.3) is 0 Å². The molecule has 5 nitrogen and oxygen atoms in total. The summed E-state index contributed by atoms with van der Waals surface area (Å²) < 4.78 is 1.57. The van der Waals surface area contributed by atoms with Crippen LogP contribution >= 0.6 is 0 Å². The minimum absolute atomic E-state index is 0.201. The summed E-state index contributed by atoms with van der Waals surface area (Å²) in [6.07, 6.45) is 1.73. The van der Waals surface area contributed by atoms with Gasteiger partial charge in [0.15, 0.2) is 0 Å². The number of nitrogens with two attached hydrogens (primary N) is 1. The number of hydrogen-bond donors (Lipinski definition) is 2. The van der Waals surface area contributed by atoms with Gasteiger partial charge in [-0.15, -0.1) is 5.10 Å². The Hall–Kier alpha value is -1.88. The minimum Gasteiger partial charge on any atom is -0.508 e. The van der Waals surface area contributed by atoms with E-state index in [4.69, 9.17) is 5.73 Å². The van der Waals surface area contributed by atoms with Crippen molar-refractivity contribution >= 4 is 0 Å². The summed E-state index contributed by atoms with van der Waals surface area (Å²) in [5.41, 5.74) is 6.88. The first kappa shape index (κ1) is 8.71. The lowest BCUT2D eigenvalue weighted by Crippen LogP contribution is -1.95. The SMILES string of the molecule is NCc1cn(-c2cccc(O)c2)nn1. The molecule has 5 heteroatoms. The molecule has 1 aromatic heterocycles. The fourth-order valence-electron chi connectivity index (χ4n) is 1.15. The van der Waals surface area contributed by atoms with E-state index in [0.717, 1.165) is 5.69 Å². The molecular weight excluding hydrogens is 180 g/mol. The second kappa shape index (κ2) is 3.47. The van der Waals surface area contributed by atoms with E-state index in [1.54, 1.807) is 29.1 Å². The van der Waals surface area contributed by atoms with Gasteiger partial charge < -0.3 is 10.8 Å². The molecule has 0 saturated heterocycles. The average molecular weight is 190 g/mol. The Morgan fingerprint density at radius 1 is 1.43 bits per heavy atom. The van der Waals surface area contributed by atoms with Gasteiger partial charge in [0.1, 0.15) is 5.75 Å². The number of hydrogen-bond acceptors (Lipinski definition) is 4. The first-order chi connectivity index (χ1) is 6.79. The van der Waals surface area contributed by atoms with Gasteiger partial charge in [0, 0.05) is 12.6 Å². The molecule has 14 heavy (non-hydrogen) atoms. The number of phenols is 1. The maximum absolute atomic E-state index is 9.25. The van der Waals surface area contributed by atoms with Gasteiger partial charge >= 0.3 is 0 Å². The van der Waals surface area contributed by atoms with Crippen LogP contribution in [0.25, 0.3) is 5.69 Å². The van der Waals surface area contributed by atoms with Gasteiger partial charge in [0.05, 0.1) is 17.6 Å². The topological polar surface area (TPSA) is 77.0 Å². The number of aromatic hydroxyl groups is 1. The maximum atomic E-state index is 9.25. The fraction of sp³-hybridized carbons (Fsp3) is 0.111. The zero-order valence-electron chi connectivity index (χ0n) is 7.46. The minimum atomic E-state index is 0.201. The highest BCUT2D eigenvalue weighted by Crippen LogP contribution is 2.13. The standard InChI is InChI=1S/C9H10N4O/c10-5-7-6-13(12-11-7)8-2-1-3-9(14)4-8/h1-4,6,14H,5,10H2. The largest absolute Gasteiger partial charge is 0.508 e. The quantitative estimate of drug-likeness (QED) is 0.720.